The normalized spacial score (nSPS) is 10.0. The van der Waals surface area contributed by atoms with Crippen molar-refractivity contribution in [3.63, 3.8) is 0 Å². The zero-order valence-corrected chi connectivity index (χ0v) is 12.7. The van der Waals surface area contributed by atoms with Crippen LogP contribution in [0.3, 0.4) is 0 Å². The number of ether oxygens (including phenoxy) is 2. The van der Waals surface area contributed by atoms with Crippen molar-refractivity contribution in [3.05, 3.63) is 54.0 Å². The monoisotopic (exact) mass is 332 g/mol. The van der Waals surface area contributed by atoms with Crippen LogP contribution in [0.15, 0.2) is 46.9 Å². The van der Waals surface area contributed by atoms with E-state index in [4.69, 9.17) is 19.6 Å². The number of para-hydroxylation sites is 1. The van der Waals surface area contributed by atoms with E-state index >= 15 is 0 Å². The first-order valence-electron chi connectivity index (χ1n) is 7.03. The van der Waals surface area contributed by atoms with Crippen molar-refractivity contribution in [1.29, 1.82) is 0 Å². The Hall–Kier alpha value is -3.29. The smallest absolute Gasteiger partial charge is 0.374 e. The second kappa shape index (κ2) is 8.37. The molecule has 1 heterocycles. The highest BCUT2D eigenvalue weighted by Crippen LogP contribution is 2.14. The highest BCUT2D eigenvalue weighted by Gasteiger charge is 2.15. The van der Waals surface area contributed by atoms with Gasteiger partial charge in [0.15, 0.2) is 6.61 Å². The van der Waals surface area contributed by atoms with Gasteiger partial charge in [0.05, 0.1) is 6.54 Å². The van der Waals surface area contributed by atoms with Crippen LogP contribution in [0.1, 0.15) is 16.3 Å². The number of hydrogen-bond donors (Lipinski definition) is 2. The molecule has 0 radical (unpaired) electrons. The van der Waals surface area contributed by atoms with Gasteiger partial charge in [0.2, 0.25) is 11.7 Å². The minimum absolute atomic E-state index is 0.0515. The molecule has 0 aliphatic rings. The van der Waals surface area contributed by atoms with Crippen molar-refractivity contribution in [2.45, 2.75) is 6.61 Å². The van der Waals surface area contributed by atoms with Crippen molar-refractivity contribution < 1.29 is 28.3 Å². The third-order valence-electron chi connectivity index (χ3n) is 2.78. The summed E-state index contributed by atoms with van der Waals surface area (Å²) in [6, 6.07) is 12.1. The molecule has 0 fully saturated rings. The Labute approximate surface area is 137 Å². The average molecular weight is 332 g/mol. The van der Waals surface area contributed by atoms with Crippen molar-refractivity contribution in [2.75, 3.05) is 13.2 Å². The second-order valence-corrected chi connectivity index (χ2v) is 4.69. The highest BCUT2D eigenvalue weighted by atomic mass is 16.6. The molecule has 2 amide bonds. The number of esters is 1. The lowest BCUT2D eigenvalue weighted by Crippen LogP contribution is -2.35. The quantitative estimate of drug-likeness (QED) is 0.684. The maximum atomic E-state index is 11.7. The molecule has 1 aromatic heterocycles. The molecule has 2 rings (SSSR count). The summed E-state index contributed by atoms with van der Waals surface area (Å²) >= 11 is 0. The first-order valence-corrected chi connectivity index (χ1v) is 7.03. The zero-order chi connectivity index (χ0) is 17.4. The first kappa shape index (κ1) is 17.1. The van der Waals surface area contributed by atoms with Crippen LogP contribution in [0.25, 0.3) is 0 Å². The molecule has 2 aromatic rings. The third kappa shape index (κ3) is 5.48. The zero-order valence-electron chi connectivity index (χ0n) is 12.7. The van der Waals surface area contributed by atoms with Crippen LogP contribution in [0.4, 0.5) is 0 Å². The molecule has 126 valence electrons. The van der Waals surface area contributed by atoms with Crippen LogP contribution in [0.2, 0.25) is 0 Å². The van der Waals surface area contributed by atoms with E-state index in [-0.39, 0.29) is 18.9 Å². The van der Waals surface area contributed by atoms with E-state index in [1.54, 1.807) is 18.2 Å². The summed E-state index contributed by atoms with van der Waals surface area (Å²) in [4.78, 5) is 33.6. The van der Waals surface area contributed by atoms with Gasteiger partial charge < -0.3 is 24.9 Å². The highest BCUT2D eigenvalue weighted by molar-refractivity contribution is 5.89. The second-order valence-electron chi connectivity index (χ2n) is 4.69. The van der Waals surface area contributed by atoms with E-state index in [0.29, 0.717) is 11.5 Å². The Balaban J connectivity index is 1.78. The molecule has 0 atom stereocenters. The third-order valence-corrected chi connectivity index (χ3v) is 2.78. The Morgan fingerprint density at radius 2 is 1.83 bits per heavy atom. The fourth-order valence-electron chi connectivity index (χ4n) is 1.68. The lowest BCUT2D eigenvalue weighted by Gasteiger charge is -2.04. The number of carbonyl (C=O) groups excluding carboxylic acids is 3. The van der Waals surface area contributed by atoms with Crippen LogP contribution < -0.4 is 15.8 Å². The summed E-state index contributed by atoms with van der Waals surface area (Å²) in [5.74, 6) is -1.07. The summed E-state index contributed by atoms with van der Waals surface area (Å²) in [7, 11) is 0. The number of hydrogen-bond acceptors (Lipinski definition) is 6. The van der Waals surface area contributed by atoms with Gasteiger partial charge in [-0.15, -0.1) is 0 Å². The first-order chi connectivity index (χ1) is 11.5. The number of benzene rings is 1. The Kier molecular flexibility index (Phi) is 5.95. The van der Waals surface area contributed by atoms with Crippen LogP contribution in [0.5, 0.6) is 5.75 Å². The van der Waals surface area contributed by atoms with E-state index < -0.39 is 24.4 Å². The molecule has 3 N–H and O–H groups in total. The number of rotatable bonds is 8. The van der Waals surface area contributed by atoms with Crippen LogP contribution in [-0.2, 0) is 20.9 Å². The van der Waals surface area contributed by atoms with Gasteiger partial charge in [-0.25, -0.2) is 4.79 Å². The molecule has 0 spiro atoms. The minimum atomic E-state index is -0.796. The van der Waals surface area contributed by atoms with Gasteiger partial charge >= 0.3 is 5.97 Å². The summed E-state index contributed by atoms with van der Waals surface area (Å²) in [6.45, 7) is -0.711. The summed E-state index contributed by atoms with van der Waals surface area (Å²) in [5, 5.41) is 2.19. The number of carbonyl (C=O) groups is 3. The topological polar surface area (TPSA) is 121 Å². The summed E-state index contributed by atoms with van der Waals surface area (Å²) in [6.07, 6.45) is 0. The van der Waals surface area contributed by atoms with E-state index in [1.807, 2.05) is 18.2 Å². The molecule has 0 bridgehead atoms. The molecule has 0 saturated carbocycles. The van der Waals surface area contributed by atoms with E-state index in [0.717, 1.165) is 0 Å². The summed E-state index contributed by atoms with van der Waals surface area (Å²) < 4.78 is 15.5. The predicted molar refractivity (Wildman–Crippen MR) is 82.0 cm³/mol. The predicted octanol–water partition coefficient (Wildman–Crippen LogP) is 0.617. The largest absolute Gasteiger partial charge is 0.486 e. The molecule has 24 heavy (non-hydrogen) atoms. The number of furan rings is 1. The van der Waals surface area contributed by atoms with Crippen molar-refractivity contribution >= 4 is 17.8 Å². The van der Waals surface area contributed by atoms with Gasteiger partial charge in [0, 0.05) is 0 Å². The molecular formula is C16H16N2O6. The maximum absolute atomic E-state index is 11.7. The standard InChI is InChI=1S/C16H16N2O6/c17-14(19)8-18-15(20)10-23-16(21)13-7-6-12(24-13)9-22-11-4-2-1-3-5-11/h1-7H,8-10H2,(H2,17,19)(H,18,20). The fourth-order valence-corrected chi connectivity index (χ4v) is 1.68. The van der Waals surface area contributed by atoms with E-state index in [9.17, 15) is 14.4 Å². The van der Waals surface area contributed by atoms with Crippen LogP contribution in [0, 0.1) is 0 Å². The van der Waals surface area contributed by atoms with Crippen molar-refractivity contribution in [3.8, 4) is 5.75 Å². The molecule has 0 aliphatic carbocycles. The van der Waals surface area contributed by atoms with Gasteiger partial charge in [-0.1, -0.05) is 18.2 Å². The lowest BCUT2D eigenvalue weighted by molar-refractivity contribution is -0.127. The fraction of sp³-hybridized carbons (Fsp3) is 0.188. The van der Waals surface area contributed by atoms with E-state index in [2.05, 4.69) is 5.32 Å². The molecule has 8 nitrogen and oxygen atoms in total. The SMILES string of the molecule is NC(=O)CNC(=O)COC(=O)c1ccc(COc2ccccc2)o1. The van der Waals surface area contributed by atoms with Gasteiger partial charge in [0.1, 0.15) is 18.1 Å². The number of amides is 2. The molecule has 8 heteroatoms. The van der Waals surface area contributed by atoms with Crippen molar-refractivity contribution in [1.82, 2.24) is 5.32 Å². The molecule has 0 saturated heterocycles. The maximum Gasteiger partial charge on any atom is 0.374 e. The van der Waals surface area contributed by atoms with E-state index in [1.165, 1.54) is 6.07 Å². The Morgan fingerprint density at radius 3 is 2.54 bits per heavy atom. The minimum Gasteiger partial charge on any atom is -0.486 e. The lowest BCUT2D eigenvalue weighted by atomic mass is 10.3. The van der Waals surface area contributed by atoms with Gasteiger partial charge in [0.25, 0.3) is 5.91 Å². The van der Waals surface area contributed by atoms with Gasteiger partial charge in [-0.2, -0.15) is 0 Å². The average Bonchev–Trinajstić information content (AvgIpc) is 3.06. The summed E-state index contributed by atoms with van der Waals surface area (Å²) in [5.41, 5.74) is 4.87. The van der Waals surface area contributed by atoms with Crippen LogP contribution in [-0.4, -0.2) is 30.9 Å². The Bertz CT molecular complexity index is 710. The number of primary amides is 1. The van der Waals surface area contributed by atoms with Crippen molar-refractivity contribution in [2.24, 2.45) is 5.73 Å². The Morgan fingerprint density at radius 1 is 1.08 bits per heavy atom. The molecular weight excluding hydrogens is 316 g/mol. The molecule has 0 aliphatic heterocycles. The van der Waals surface area contributed by atoms with Gasteiger partial charge in [-0.3, -0.25) is 9.59 Å². The number of nitrogens with one attached hydrogen (secondary N) is 1. The van der Waals surface area contributed by atoms with Crippen LogP contribution >= 0.6 is 0 Å². The van der Waals surface area contributed by atoms with Gasteiger partial charge in [-0.05, 0) is 24.3 Å². The molecule has 0 unspecified atom stereocenters. The number of nitrogens with two attached hydrogens (primary N) is 1. The molecule has 1 aromatic carbocycles.